The maximum Gasteiger partial charge on any atom is 0.147 e. The molecule has 0 aliphatic rings. The van der Waals surface area contributed by atoms with Crippen LogP contribution in [0.5, 0.6) is 5.75 Å². The largest absolute Gasteiger partial charge is 0.492 e. The molecule has 2 nitrogen and oxygen atoms in total. The molecule has 0 saturated carbocycles. The first-order valence-corrected chi connectivity index (χ1v) is 4.81. The SMILES string of the molecule is CCCOc1cc(N)c(F)cc1Br. The average molecular weight is 248 g/mol. The highest BCUT2D eigenvalue weighted by Gasteiger charge is 2.06. The molecule has 0 saturated heterocycles. The highest BCUT2D eigenvalue weighted by Crippen LogP contribution is 2.29. The van der Waals surface area contributed by atoms with E-state index in [2.05, 4.69) is 15.9 Å². The lowest BCUT2D eigenvalue weighted by Crippen LogP contribution is -1.98. The second kappa shape index (κ2) is 4.46. The van der Waals surface area contributed by atoms with Crippen LogP contribution < -0.4 is 10.5 Å². The Morgan fingerprint density at radius 2 is 2.23 bits per heavy atom. The number of anilines is 1. The molecule has 0 spiro atoms. The van der Waals surface area contributed by atoms with Crippen LogP contribution >= 0.6 is 15.9 Å². The molecule has 1 rings (SSSR count). The quantitative estimate of drug-likeness (QED) is 0.834. The van der Waals surface area contributed by atoms with Gasteiger partial charge in [0.15, 0.2) is 0 Å². The lowest BCUT2D eigenvalue weighted by molar-refractivity contribution is 0.315. The summed E-state index contributed by atoms with van der Waals surface area (Å²) >= 11 is 3.19. The summed E-state index contributed by atoms with van der Waals surface area (Å²) in [5, 5.41) is 0. The summed E-state index contributed by atoms with van der Waals surface area (Å²) in [6, 6.07) is 2.79. The van der Waals surface area contributed by atoms with E-state index in [0.717, 1.165) is 6.42 Å². The number of hydrogen-bond donors (Lipinski definition) is 1. The molecule has 4 heteroatoms. The Morgan fingerprint density at radius 3 is 2.85 bits per heavy atom. The molecule has 0 bridgehead atoms. The predicted octanol–water partition coefficient (Wildman–Crippen LogP) is 2.96. The van der Waals surface area contributed by atoms with E-state index < -0.39 is 5.82 Å². The normalized spacial score (nSPS) is 10.1. The molecule has 13 heavy (non-hydrogen) atoms. The molecule has 0 unspecified atom stereocenters. The molecule has 2 N–H and O–H groups in total. The van der Waals surface area contributed by atoms with Crippen molar-refractivity contribution < 1.29 is 9.13 Å². The zero-order valence-corrected chi connectivity index (χ0v) is 8.90. The van der Waals surface area contributed by atoms with Crippen LogP contribution in [-0.4, -0.2) is 6.61 Å². The molecule has 1 aromatic carbocycles. The summed E-state index contributed by atoms with van der Waals surface area (Å²) in [7, 11) is 0. The molecule has 72 valence electrons. The van der Waals surface area contributed by atoms with Crippen molar-refractivity contribution in [3.8, 4) is 5.75 Å². The van der Waals surface area contributed by atoms with Crippen molar-refractivity contribution in [2.24, 2.45) is 0 Å². The van der Waals surface area contributed by atoms with Crippen molar-refractivity contribution in [2.75, 3.05) is 12.3 Å². The Morgan fingerprint density at radius 1 is 1.54 bits per heavy atom. The van der Waals surface area contributed by atoms with Gasteiger partial charge >= 0.3 is 0 Å². The lowest BCUT2D eigenvalue weighted by atomic mass is 10.3. The molecule has 1 aromatic rings. The highest BCUT2D eigenvalue weighted by atomic mass is 79.9. The van der Waals surface area contributed by atoms with Crippen molar-refractivity contribution in [3.05, 3.63) is 22.4 Å². The number of halogens is 2. The molecule has 0 heterocycles. The van der Waals surface area contributed by atoms with Crippen LogP contribution in [0.2, 0.25) is 0 Å². The van der Waals surface area contributed by atoms with Gasteiger partial charge in [0.1, 0.15) is 11.6 Å². The monoisotopic (exact) mass is 247 g/mol. The van der Waals surface area contributed by atoms with E-state index in [1.54, 1.807) is 0 Å². The second-order valence-corrected chi connectivity index (χ2v) is 3.51. The van der Waals surface area contributed by atoms with Gasteiger partial charge in [0, 0.05) is 6.07 Å². The van der Waals surface area contributed by atoms with E-state index in [-0.39, 0.29) is 5.69 Å². The second-order valence-electron chi connectivity index (χ2n) is 2.65. The van der Waals surface area contributed by atoms with Gasteiger partial charge in [-0.05, 0) is 28.4 Å². The Labute approximate surface area is 85.0 Å². The summed E-state index contributed by atoms with van der Waals surface area (Å²) in [6.07, 6.45) is 0.906. The van der Waals surface area contributed by atoms with Gasteiger partial charge in [-0.15, -0.1) is 0 Å². The van der Waals surface area contributed by atoms with Crippen molar-refractivity contribution >= 4 is 21.6 Å². The van der Waals surface area contributed by atoms with Gasteiger partial charge in [-0.1, -0.05) is 6.92 Å². The standard InChI is InChI=1S/C9H11BrFNO/c1-2-3-13-9-5-8(12)7(11)4-6(9)10/h4-5H,2-3,12H2,1H3. The first kappa shape index (κ1) is 10.3. The van der Waals surface area contributed by atoms with Gasteiger partial charge in [0.2, 0.25) is 0 Å². The van der Waals surface area contributed by atoms with E-state index in [0.29, 0.717) is 16.8 Å². The molecule has 0 radical (unpaired) electrons. The van der Waals surface area contributed by atoms with Crippen molar-refractivity contribution in [1.82, 2.24) is 0 Å². The van der Waals surface area contributed by atoms with Gasteiger partial charge in [-0.3, -0.25) is 0 Å². The Balaban J connectivity index is 2.88. The van der Waals surface area contributed by atoms with Crippen LogP contribution in [0.3, 0.4) is 0 Å². The molecule has 0 aromatic heterocycles. The van der Waals surface area contributed by atoms with Crippen LogP contribution in [0.1, 0.15) is 13.3 Å². The number of rotatable bonds is 3. The maximum atomic E-state index is 12.9. The zero-order valence-electron chi connectivity index (χ0n) is 7.31. The van der Waals surface area contributed by atoms with Crippen molar-refractivity contribution in [2.45, 2.75) is 13.3 Å². The fraction of sp³-hybridized carbons (Fsp3) is 0.333. The van der Waals surface area contributed by atoms with Crippen LogP contribution in [0, 0.1) is 5.82 Å². The third kappa shape index (κ3) is 2.59. The third-order valence-electron chi connectivity index (χ3n) is 1.51. The van der Waals surface area contributed by atoms with Gasteiger partial charge in [0.05, 0.1) is 16.8 Å². The summed E-state index contributed by atoms with van der Waals surface area (Å²) in [6.45, 7) is 2.60. The minimum atomic E-state index is -0.435. The fourth-order valence-electron chi connectivity index (χ4n) is 0.867. The number of benzene rings is 1. The highest BCUT2D eigenvalue weighted by molar-refractivity contribution is 9.10. The van der Waals surface area contributed by atoms with Crippen LogP contribution in [0.4, 0.5) is 10.1 Å². The Kier molecular flexibility index (Phi) is 3.54. The molecule has 0 aliphatic carbocycles. The van der Waals surface area contributed by atoms with Crippen LogP contribution in [0.25, 0.3) is 0 Å². The first-order valence-electron chi connectivity index (χ1n) is 4.02. The lowest BCUT2D eigenvalue weighted by Gasteiger charge is -2.07. The Hall–Kier alpha value is -0.770. The van der Waals surface area contributed by atoms with Gasteiger partial charge < -0.3 is 10.5 Å². The van der Waals surface area contributed by atoms with E-state index in [1.165, 1.54) is 12.1 Å². The third-order valence-corrected chi connectivity index (χ3v) is 2.13. The van der Waals surface area contributed by atoms with E-state index in [4.69, 9.17) is 10.5 Å². The zero-order chi connectivity index (χ0) is 9.84. The summed E-state index contributed by atoms with van der Waals surface area (Å²) < 4.78 is 18.8. The summed E-state index contributed by atoms with van der Waals surface area (Å²) in [4.78, 5) is 0. The molecule has 0 fully saturated rings. The minimum absolute atomic E-state index is 0.106. The topological polar surface area (TPSA) is 35.2 Å². The van der Waals surface area contributed by atoms with Crippen molar-refractivity contribution in [1.29, 1.82) is 0 Å². The molecular formula is C9H11BrFNO. The Bertz CT molecular complexity index is 304. The molecule has 0 atom stereocenters. The molecular weight excluding hydrogens is 237 g/mol. The van der Waals surface area contributed by atoms with E-state index in [1.807, 2.05) is 6.92 Å². The maximum absolute atomic E-state index is 12.9. The summed E-state index contributed by atoms with van der Waals surface area (Å²) in [5.74, 6) is 0.150. The fourth-order valence-corrected chi connectivity index (χ4v) is 1.30. The minimum Gasteiger partial charge on any atom is -0.492 e. The van der Waals surface area contributed by atoms with Gasteiger partial charge in [-0.25, -0.2) is 4.39 Å². The number of nitrogens with two attached hydrogens (primary N) is 1. The number of nitrogen functional groups attached to an aromatic ring is 1. The number of ether oxygens (including phenoxy) is 1. The number of hydrogen-bond acceptors (Lipinski definition) is 2. The first-order chi connectivity index (χ1) is 6.15. The van der Waals surface area contributed by atoms with Gasteiger partial charge in [-0.2, -0.15) is 0 Å². The predicted molar refractivity (Wildman–Crippen MR) is 54.3 cm³/mol. The van der Waals surface area contributed by atoms with Crippen LogP contribution in [-0.2, 0) is 0 Å². The molecule has 0 aliphatic heterocycles. The van der Waals surface area contributed by atoms with Crippen LogP contribution in [0.15, 0.2) is 16.6 Å². The average Bonchev–Trinajstić information content (AvgIpc) is 2.09. The summed E-state index contributed by atoms with van der Waals surface area (Å²) in [5.41, 5.74) is 5.49. The van der Waals surface area contributed by atoms with Crippen molar-refractivity contribution in [3.63, 3.8) is 0 Å². The van der Waals surface area contributed by atoms with Gasteiger partial charge in [0.25, 0.3) is 0 Å². The van der Waals surface area contributed by atoms with E-state index in [9.17, 15) is 4.39 Å². The smallest absolute Gasteiger partial charge is 0.147 e. The van der Waals surface area contributed by atoms with E-state index >= 15 is 0 Å². The molecule has 0 amide bonds.